The van der Waals surface area contributed by atoms with Crippen LogP contribution in [0, 0.1) is 13.8 Å². The SMILES string of the molecule is Cc1ccc(C)c(NC(=O)C(Sc2ccc(NC(=O)COc3ccccc3)cc2)c2ccccc2)c1. The Labute approximate surface area is 215 Å². The van der Waals surface area contributed by atoms with Crippen LogP contribution in [0.1, 0.15) is 21.9 Å². The van der Waals surface area contributed by atoms with Crippen molar-refractivity contribution in [2.45, 2.75) is 24.0 Å². The van der Waals surface area contributed by atoms with E-state index < -0.39 is 5.25 Å². The molecule has 0 radical (unpaired) electrons. The summed E-state index contributed by atoms with van der Waals surface area (Å²) in [6.07, 6.45) is 0. The van der Waals surface area contributed by atoms with Crippen molar-refractivity contribution in [1.82, 2.24) is 0 Å². The fourth-order valence-corrected chi connectivity index (χ4v) is 4.61. The van der Waals surface area contributed by atoms with Crippen molar-refractivity contribution in [1.29, 1.82) is 0 Å². The molecule has 0 spiro atoms. The number of amides is 2. The van der Waals surface area contributed by atoms with Crippen molar-refractivity contribution in [3.05, 3.63) is 120 Å². The first kappa shape index (κ1) is 25.1. The Morgan fingerprint density at radius 2 is 1.47 bits per heavy atom. The monoisotopic (exact) mass is 496 g/mol. The molecule has 0 fully saturated rings. The second kappa shape index (κ2) is 12.1. The van der Waals surface area contributed by atoms with Gasteiger partial charge in [0.25, 0.3) is 5.91 Å². The van der Waals surface area contributed by atoms with Gasteiger partial charge in [0.2, 0.25) is 5.91 Å². The second-order valence-electron chi connectivity index (χ2n) is 8.39. The van der Waals surface area contributed by atoms with Gasteiger partial charge in [0.1, 0.15) is 11.0 Å². The van der Waals surface area contributed by atoms with Crippen molar-refractivity contribution in [2.24, 2.45) is 0 Å². The van der Waals surface area contributed by atoms with Crippen LogP contribution in [0.2, 0.25) is 0 Å². The largest absolute Gasteiger partial charge is 0.484 e. The predicted octanol–water partition coefficient (Wildman–Crippen LogP) is 6.79. The Hall–Kier alpha value is -4.03. The van der Waals surface area contributed by atoms with E-state index in [9.17, 15) is 9.59 Å². The molecule has 6 heteroatoms. The number of hydrogen-bond acceptors (Lipinski definition) is 4. The van der Waals surface area contributed by atoms with E-state index in [4.69, 9.17) is 4.74 Å². The van der Waals surface area contributed by atoms with Gasteiger partial charge in [0, 0.05) is 16.3 Å². The molecule has 4 rings (SSSR count). The number of carbonyl (C=O) groups excluding carboxylic acids is 2. The second-order valence-corrected chi connectivity index (χ2v) is 9.57. The Morgan fingerprint density at radius 1 is 0.806 bits per heavy atom. The fourth-order valence-electron chi connectivity index (χ4n) is 3.59. The van der Waals surface area contributed by atoms with Gasteiger partial charge in [-0.1, -0.05) is 60.7 Å². The van der Waals surface area contributed by atoms with Crippen molar-refractivity contribution in [3.63, 3.8) is 0 Å². The van der Waals surface area contributed by atoms with E-state index in [1.807, 2.05) is 105 Å². The van der Waals surface area contributed by atoms with Gasteiger partial charge >= 0.3 is 0 Å². The lowest BCUT2D eigenvalue weighted by atomic mass is 10.1. The number of ether oxygens (including phenoxy) is 1. The Balaban J connectivity index is 1.42. The Morgan fingerprint density at radius 3 is 2.17 bits per heavy atom. The van der Waals surface area contributed by atoms with E-state index in [2.05, 4.69) is 10.6 Å². The molecule has 2 amide bonds. The molecule has 0 aliphatic carbocycles. The number of anilines is 2. The maximum absolute atomic E-state index is 13.4. The summed E-state index contributed by atoms with van der Waals surface area (Å²) < 4.78 is 5.50. The molecule has 0 aromatic heterocycles. The summed E-state index contributed by atoms with van der Waals surface area (Å²) in [6, 6.07) is 32.4. The average molecular weight is 497 g/mol. The van der Waals surface area contributed by atoms with E-state index >= 15 is 0 Å². The summed E-state index contributed by atoms with van der Waals surface area (Å²) in [6.45, 7) is 3.92. The average Bonchev–Trinajstić information content (AvgIpc) is 2.90. The van der Waals surface area contributed by atoms with E-state index in [1.165, 1.54) is 11.8 Å². The van der Waals surface area contributed by atoms with E-state index in [0.717, 1.165) is 27.3 Å². The molecule has 0 aliphatic heterocycles. The van der Waals surface area contributed by atoms with Crippen LogP contribution >= 0.6 is 11.8 Å². The van der Waals surface area contributed by atoms with Crippen LogP contribution < -0.4 is 15.4 Å². The molecular formula is C30H28N2O3S. The minimum absolute atomic E-state index is 0.0743. The zero-order valence-electron chi connectivity index (χ0n) is 20.2. The summed E-state index contributed by atoms with van der Waals surface area (Å²) in [4.78, 5) is 26.5. The number of carbonyl (C=O) groups is 2. The van der Waals surface area contributed by atoms with Gasteiger partial charge in [-0.05, 0) is 73.0 Å². The summed E-state index contributed by atoms with van der Waals surface area (Å²) in [7, 11) is 0. The summed E-state index contributed by atoms with van der Waals surface area (Å²) >= 11 is 1.46. The molecule has 1 unspecified atom stereocenters. The number of para-hydroxylation sites is 1. The predicted molar refractivity (Wildman–Crippen MR) is 147 cm³/mol. The smallest absolute Gasteiger partial charge is 0.262 e. The number of aryl methyl sites for hydroxylation is 2. The fraction of sp³-hybridized carbons (Fsp3) is 0.133. The van der Waals surface area contributed by atoms with Gasteiger partial charge in [0.05, 0.1) is 0 Å². The zero-order valence-corrected chi connectivity index (χ0v) is 21.0. The van der Waals surface area contributed by atoms with Crippen molar-refractivity contribution >= 4 is 35.0 Å². The van der Waals surface area contributed by atoms with E-state index in [0.29, 0.717) is 11.4 Å². The van der Waals surface area contributed by atoms with Crippen LogP contribution in [0.5, 0.6) is 5.75 Å². The highest BCUT2D eigenvalue weighted by Gasteiger charge is 2.23. The maximum atomic E-state index is 13.4. The van der Waals surface area contributed by atoms with Crippen molar-refractivity contribution < 1.29 is 14.3 Å². The normalized spacial score (nSPS) is 11.4. The van der Waals surface area contributed by atoms with Crippen LogP contribution in [0.3, 0.4) is 0 Å². The molecule has 0 saturated heterocycles. The summed E-state index contributed by atoms with van der Waals surface area (Å²) in [5.41, 5.74) is 4.50. The molecule has 0 bridgehead atoms. The van der Waals surface area contributed by atoms with Gasteiger partial charge in [-0.25, -0.2) is 0 Å². The highest BCUT2D eigenvalue weighted by Crippen LogP contribution is 2.37. The number of benzene rings is 4. The quantitative estimate of drug-likeness (QED) is 0.250. The number of nitrogens with one attached hydrogen (secondary N) is 2. The first-order valence-corrected chi connectivity index (χ1v) is 12.5. The van der Waals surface area contributed by atoms with E-state index in [-0.39, 0.29) is 18.4 Å². The third-order valence-electron chi connectivity index (χ3n) is 5.50. The molecule has 182 valence electrons. The number of rotatable bonds is 9. The van der Waals surface area contributed by atoms with Gasteiger partial charge in [-0.15, -0.1) is 11.8 Å². The lowest BCUT2D eigenvalue weighted by molar-refractivity contribution is -0.118. The van der Waals surface area contributed by atoms with Gasteiger partial charge < -0.3 is 15.4 Å². The molecule has 0 heterocycles. The highest BCUT2D eigenvalue weighted by atomic mass is 32.2. The van der Waals surface area contributed by atoms with Gasteiger partial charge in [0.15, 0.2) is 6.61 Å². The Bertz CT molecular complexity index is 1310. The highest BCUT2D eigenvalue weighted by molar-refractivity contribution is 8.00. The molecule has 2 N–H and O–H groups in total. The minimum atomic E-state index is -0.439. The van der Waals surface area contributed by atoms with Crippen molar-refractivity contribution in [3.8, 4) is 5.75 Å². The van der Waals surface area contributed by atoms with Crippen LogP contribution in [0.4, 0.5) is 11.4 Å². The van der Waals surface area contributed by atoms with Crippen LogP contribution in [-0.4, -0.2) is 18.4 Å². The minimum Gasteiger partial charge on any atom is -0.484 e. The first-order chi connectivity index (χ1) is 17.5. The Kier molecular flexibility index (Phi) is 8.42. The van der Waals surface area contributed by atoms with Gasteiger partial charge in [-0.3, -0.25) is 9.59 Å². The molecule has 36 heavy (non-hydrogen) atoms. The van der Waals surface area contributed by atoms with Crippen LogP contribution in [0.25, 0.3) is 0 Å². The van der Waals surface area contributed by atoms with Gasteiger partial charge in [-0.2, -0.15) is 0 Å². The summed E-state index contributed by atoms with van der Waals surface area (Å²) in [5.74, 6) is 0.315. The molecule has 5 nitrogen and oxygen atoms in total. The standard InChI is InChI=1S/C30H28N2O3S/c1-21-13-14-22(2)27(19-21)32-30(34)29(23-9-5-3-6-10-23)36-26-17-15-24(16-18-26)31-28(33)20-35-25-11-7-4-8-12-25/h3-19,29H,20H2,1-2H3,(H,31,33)(H,32,34). The van der Waals surface area contributed by atoms with E-state index in [1.54, 1.807) is 12.1 Å². The maximum Gasteiger partial charge on any atom is 0.262 e. The molecule has 0 aliphatic rings. The lowest BCUT2D eigenvalue weighted by Crippen LogP contribution is -2.20. The number of thioether (sulfide) groups is 1. The molecule has 4 aromatic carbocycles. The molecule has 1 atom stereocenters. The van der Waals surface area contributed by atoms with Crippen molar-refractivity contribution in [2.75, 3.05) is 17.2 Å². The zero-order chi connectivity index (χ0) is 25.3. The molecule has 4 aromatic rings. The third-order valence-corrected chi connectivity index (χ3v) is 6.76. The summed E-state index contributed by atoms with van der Waals surface area (Å²) in [5, 5.41) is 5.50. The topological polar surface area (TPSA) is 67.4 Å². The molecule has 0 saturated carbocycles. The van der Waals surface area contributed by atoms with Crippen LogP contribution in [0.15, 0.2) is 108 Å². The third kappa shape index (κ3) is 6.99. The molecular weight excluding hydrogens is 468 g/mol. The lowest BCUT2D eigenvalue weighted by Gasteiger charge is -2.18. The van der Waals surface area contributed by atoms with Crippen LogP contribution in [-0.2, 0) is 9.59 Å². The number of hydrogen-bond donors (Lipinski definition) is 2. The first-order valence-electron chi connectivity index (χ1n) is 11.7.